The Kier molecular flexibility index (Phi) is 9.01. The number of ether oxygens (including phenoxy) is 2. The van der Waals surface area contributed by atoms with Crippen LogP contribution < -0.4 is 15.4 Å². The number of benzene rings is 2. The number of halogens is 1. The molecule has 3 atom stereocenters. The van der Waals surface area contributed by atoms with E-state index in [9.17, 15) is 14.3 Å². The molecule has 0 aromatic heterocycles. The van der Waals surface area contributed by atoms with Crippen molar-refractivity contribution in [1.82, 2.24) is 10.6 Å². The smallest absolute Gasteiger partial charge is 0.407 e. The zero-order chi connectivity index (χ0) is 26.5. The van der Waals surface area contributed by atoms with Crippen LogP contribution in [0.5, 0.6) is 5.75 Å². The first-order valence-corrected chi connectivity index (χ1v) is 12.7. The molecule has 198 valence electrons. The van der Waals surface area contributed by atoms with Crippen LogP contribution in [0.1, 0.15) is 70.7 Å². The maximum absolute atomic E-state index is 13.8. The molecular weight excluding hydrogens is 459 g/mol. The van der Waals surface area contributed by atoms with Crippen molar-refractivity contribution in [2.75, 3.05) is 13.2 Å². The molecule has 1 aliphatic heterocycles. The molecule has 0 saturated carbocycles. The van der Waals surface area contributed by atoms with Crippen LogP contribution in [0.2, 0.25) is 0 Å². The molecule has 0 radical (unpaired) electrons. The molecule has 7 heteroatoms. The largest absolute Gasteiger partial charge is 0.493 e. The molecule has 1 amide bonds. The van der Waals surface area contributed by atoms with Gasteiger partial charge in [-0.05, 0) is 68.4 Å². The summed E-state index contributed by atoms with van der Waals surface area (Å²) >= 11 is 0. The summed E-state index contributed by atoms with van der Waals surface area (Å²) in [5.74, 6) is 0.495. The highest BCUT2D eigenvalue weighted by Crippen LogP contribution is 2.34. The number of carbonyl (C=O) groups is 1. The molecule has 36 heavy (non-hydrogen) atoms. The quantitative estimate of drug-likeness (QED) is 0.457. The molecule has 2 aromatic rings. The lowest BCUT2D eigenvalue weighted by Gasteiger charge is -2.31. The van der Waals surface area contributed by atoms with Crippen LogP contribution in [-0.4, -0.2) is 42.1 Å². The normalized spacial score (nSPS) is 17.5. The fraction of sp³-hybridized carbons (Fsp3) is 0.552. The first kappa shape index (κ1) is 27.9. The Balaban J connectivity index is 1.72. The van der Waals surface area contributed by atoms with Crippen LogP contribution >= 0.6 is 0 Å². The maximum atomic E-state index is 13.8. The lowest BCUT2D eigenvalue weighted by atomic mass is 9.86. The standard InChI is InChI=1S/C29H41FN2O4/c1-28(2,3)17-20-10-11-26-22(15-20)23(12-13-35-26)31-18-25(33)24(32-27(34)36-29(4,5)6)16-19-8-7-9-21(30)14-19/h7-11,14-15,23-25,31,33H,12-13,16-18H2,1-6H3,(H,32,34)/t23-,24-,25+/m0/s1. The van der Waals surface area contributed by atoms with Crippen molar-refractivity contribution >= 4 is 6.09 Å². The van der Waals surface area contributed by atoms with E-state index in [1.165, 1.54) is 17.7 Å². The van der Waals surface area contributed by atoms with E-state index in [4.69, 9.17) is 9.47 Å². The molecule has 3 rings (SSSR count). The topological polar surface area (TPSA) is 79.8 Å². The Bertz CT molecular complexity index is 1030. The molecule has 1 aliphatic rings. The third kappa shape index (κ3) is 8.79. The van der Waals surface area contributed by atoms with Gasteiger partial charge in [-0.3, -0.25) is 0 Å². The SMILES string of the molecule is CC(C)(C)Cc1ccc2c(c1)[C@@H](NC[C@@H](O)[C@H](Cc1cccc(F)c1)NC(=O)OC(C)(C)C)CCO2. The zero-order valence-electron chi connectivity index (χ0n) is 22.4. The lowest BCUT2D eigenvalue weighted by Crippen LogP contribution is -2.50. The Morgan fingerprint density at radius 2 is 1.89 bits per heavy atom. The summed E-state index contributed by atoms with van der Waals surface area (Å²) in [7, 11) is 0. The van der Waals surface area contributed by atoms with Crippen molar-refractivity contribution in [2.45, 2.75) is 84.6 Å². The molecule has 3 N–H and O–H groups in total. The van der Waals surface area contributed by atoms with Gasteiger partial charge in [-0.2, -0.15) is 0 Å². The summed E-state index contributed by atoms with van der Waals surface area (Å²) in [6.45, 7) is 12.8. The Morgan fingerprint density at radius 3 is 2.56 bits per heavy atom. The van der Waals surface area contributed by atoms with Gasteiger partial charge in [-0.1, -0.05) is 45.0 Å². The number of hydrogen-bond donors (Lipinski definition) is 3. The lowest BCUT2D eigenvalue weighted by molar-refractivity contribution is 0.0418. The van der Waals surface area contributed by atoms with Crippen LogP contribution in [0.15, 0.2) is 42.5 Å². The van der Waals surface area contributed by atoms with Crippen molar-refractivity contribution in [3.63, 3.8) is 0 Å². The Hall–Kier alpha value is -2.64. The summed E-state index contributed by atoms with van der Waals surface area (Å²) in [4.78, 5) is 12.5. The molecule has 1 heterocycles. The van der Waals surface area contributed by atoms with Gasteiger partial charge in [0.15, 0.2) is 0 Å². The van der Waals surface area contributed by atoms with E-state index in [0.717, 1.165) is 24.2 Å². The first-order chi connectivity index (χ1) is 16.8. The second-order valence-corrected chi connectivity index (χ2v) is 11.9. The van der Waals surface area contributed by atoms with Crippen LogP contribution in [0.25, 0.3) is 0 Å². The minimum Gasteiger partial charge on any atom is -0.493 e. The third-order valence-corrected chi connectivity index (χ3v) is 5.93. The van der Waals surface area contributed by atoms with Crippen molar-refractivity contribution in [1.29, 1.82) is 0 Å². The summed E-state index contributed by atoms with van der Waals surface area (Å²) < 4.78 is 25.0. The Morgan fingerprint density at radius 1 is 1.14 bits per heavy atom. The maximum Gasteiger partial charge on any atom is 0.407 e. The molecule has 0 spiro atoms. The van der Waals surface area contributed by atoms with E-state index in [2.05, 4.69) is 43.5 Å². The van der Waals surface area contributed by atoms with Gasteiger partial charge in [-0.25, -0.2) is 9.18 Å². The molecule has 0 bridgehead atoms. The summed E-state index contributed by atoms with van der Waals surface area (Å²) in [5, 5.41) is 17.4. The summed E-state index contributed by atoms with van der Waals surface area (Å²) in [6, 6.07) is 11.8. The number of hydrogen-bond acceptors (Lipinski definition) is 5. The molecule has 0 unspecified atom stereocenters. The highest BCUT2D eigenvalue weighted by atomic mass is 19.1. The zero-order valence-corrected chi connectivity index (χ0v) is 22.4. The highest BCUT2D eigenvalue weighted by Gasteiger charge is 2.28. The summed E-state index contributed by atoms with van der Waals surface area (Å²) in [6.07, 6.45) is 0.439. The fourth-order valence-corrected chi connectivity index (χ4v) is 4.44. The summed E-state index contributed by atoms with van der Waals surface area (Å²) in [5.41, 5.74) is 2.50. The number of nitrogens with one attached hydrogen (secondary N) is 2. The van der Waals surface area contributed by atoms with Crippen LogP contribution in [0.3, 0.4) is 0 Å². The van der Waals surface area contributed by atoms with Crippen molar-refractivity contribution in [2.24, 2.45) is 5.41 Å². The Labute approximate surface area is 214 Å². The number of fused-ring (bicyclic) bond motifs is 1. The van der Waals surface area contributed by atoms with Gasteiger partial charge in [0.05, 0.1) is 18.8 Å². The van der Waals surface area contributed by atoms with E-state index in [-0.39, 0.29) is 30.2 Å². The number of rotatable bonds is 8. The van der Waals surface area contributed by atoms with Gasteiger partial charge >= 0.3 is 6.09 Å². The minimum absolute atomic E-state index is 0.0136. The van der Waals surface area contributed by atoms with E-state index in [1.54, 1.807) is 32.9 Å². The second-order valence-electron chi connectivity index (χ2n) is 11.9. The molecule has 0 saturated heterocycles. The van der Waals surface area contributed by atoms with E-state index in [0.29, 0.717) is 12.2 Å². The first-order valence-electron chi connectivity index (χ1n) is 12.7. The van der Waals surface area contributed by atoms with Crippen LogP contribution in [0, 0.1) is 11.2 Å². The molecule has 2 aromatic carbocycles. The monoisotopic (exact) mass is 500 g/mol. The number of aliphatic hydroxyl groups is 1. The van der Waals surface area contributed by atoms with E-state index in [1.807, 2.05) is 6.07 Å². The minimum atomic E-state index is -0.926. The molecule has 0 fully saturated rings. The average Bonchev–Trinajstić information content (AvgIpc) is 2.74. The van der Waals surface area contributed by atoms with Crippen LogP contribution in [0.4, 0.5) is 9.18 Å². The van der Waals surface area contributed by atoms with Gasteiger partial charge in [0.1, 0.15) is 17.2 Å². The van der Waals surface area contributed by atoms with Gasteiger partial charge in [-0.15, -0.1) is 0 Å². The van der Waals surface area contributed by atoms with E-state index < -0.39 is 23.8 Å². The van der Waals surface area contributed by atoms with Gasteiger partial charge in [0.25, 0.3) is 0 Å². The van der Waals surface area contributed by atoms with Crippen molar-refractivity contribution in [3.8, 4) is 5.75 Å². The number of amides is 1. The third-order valence-electron chi connectivity index (χ3n) is 5.93. The molecular formula is C29H41FN2O4. The second kappa shape index (κ2) is 11.6. The predicted octanol–water partition coefficient (Wildman–Crippen LogP) is 5.32. The average molecular weight is 501 g/mol. The van der Waals surface area contributed by atoms with Gasteiger partial charge < -0.3 is 25.2 Å². The van der Waals surface area contributed by atoms with Crippen LogP contribution in [-0.2, 0) is 17.6 Å². The van der Waals surface area contributed by atoms with Crippen molar-refractivity contribution in [3.05, 3.63) is 65.0 Å². The number of carbonyl (C=O) groups excluding carboxylic acids is 1. The number of aliphatic hydroxyl groups excluding tert-OH is 1. The molecule has 6 nitrogen and oxygen atoms in total. The van der Waals surface area contributed by atoms with Crippen molar-refractivity contribution < 1.29 is 23.8 Å². The van der Waals surface area contributed by atoms with Gasteiger partial charge in [0.2, 0.25) is 0 Å². The highest BCUT2D eigenvalue weighted by molar-refractivity contribution is 5.68. The van der Waals surface area contributed by atoms with Gasteiger partial charge in [0, 0.05) is 24.6 Å². The molecule has 0 aliphatic carbocycles. The van der Waals surface area contributed by atoms with E-state index >= 15 is 0 Å². The predicted molar refractivity (Wildman–Crippen MR) is 140 cm³/mol. The fourth-order valence-electron chi connectivity index (χ4n) is 4.44. The number of alkyl carbamates (subject to hydrolysis) is 1.